The van der Waals surface area contributed by atoms with Crippen molar-refractivity contribution in [2.24, 2.45) is 0 Å². The molecule has 1 aliphatic rings. The quantitative estimate of drug-likeness (QED) is 0.710. The van der Waals surface area contributed by atoms with E-state index in [1.54, 1.807) is 24.3 Å². The zero-order chi connectivity index (χ0) is 11.6. The maximum Gasteiger partial charge on any atom is 0.416 e. The molecule has 0 fully saturated rings. The van der Waals surface area contributed by atoms with Gasteiger partial charge in [0.25, 0.3) is 0 Å². The van der Waals surface area contributed by atoms with Crippen LogP contribution in [0.5, 0.6) is 0 Å². The van der Waals surface area contributed by atoms with Gasteiger partial charge in [-0.3, -0.25) is 0 Å². The highest BCUT2D eigenvalue weighted by molar-refractivity contribution is 5.63. The minimum absolute atomic E-state index is 0.391. The molecular weight excluding hydrogens is 217 g/mol. The predicted octanol–water partition coefficient (Wildman–Crippen LogP) is 3.63. The van der Waals surface area contributed by atoms with Crippen molar-refractivity contribution in [2.45, 2.75) is 6.18 Å². The first-order chi connectivity index (χ1) is 7.57. The van der Waals surface area contributed by atoms with Crippen LogP contribution in [-0.4, -0.2) is 6.61 Å². The summed E-state index contributed by atoms with van der Waals surface area (Å²) in [5.41, 5.74) is -0.219. The molecule has 16 heavy (non-hydrogen) atoms. The SMILES string of the molecule is FC(F)(F)c1cccc(C2=CC=CCO2)c1. The molecule has 0 saturated carbocycles. The van der Waals surface area contributed by atoms with Gasteiger partial charge in [0.15, 0.2) is 0 Å². The predicted molar refractivity (Wildman–Crippen MR) is 54.5 cm³/mol. The number of ether oxygens (including phenoxy) is 1. The average Bonchev–Trinajstić information content (AvgIpc) is 2.29. The van der Waals surface area contributed by atoms with E-state index in [0.717, 1.165) is 12.1 Å². The second-order valence-corrected chi connectivity index (χ2v) is 3.35. The Balaban J connectivity index is 2.36. The molecule has 1 aliphatic heterocycles. The van der Waals surface area contributed by atoms with Gasteiger partial charge in [-0.1, -0.05) is 18.2 Å². The summed E-state index contributed by atoms with van der Waals surface area (Å²) in [4.78, 5) is 0. The lowest BCUT2D eigenvalue weighted by atomic mass is 10.1. The Morgan fingerprint density at radius 2 is 2.00 bits per heavy atom. The molecule has 0 spiro atoms. The van der Waals surface area contributed by atoms with Crippen LogP contribution in [0, 0.1) is 0 Å². The fraction of sp³-hybridized carbons (Fsp3) is 0.167. The van der Waals surface area contributed by atoms with Gasteiger partial charge in [0, 0.05) is 5.56 Å². The first-order valence-electron chi connectivity index (χ1n) is 4.74. The summed E-state index contributed by atoms with van der Waals surface area (Å²) in [5, 5.41) is 0. The lowest BCUT2D eigenvalue weighted by Crippen LogP contribution is -2.05. The molecule has 1 nitrogen and oxygen atoms in total. The van der Waals surface area contributed by atoms with Crippen molar-refractivity contribution in [3.8, 4) is 0 Å². The zero-order valence-electron chi connectivity index (χ0n) is 8.29. The Labute approximate surface area is 90.8 Å². The van der Waals surface area contributed by atoms with Gasteiger partial charge in [0.05, 0.1) is 5.56 Å². The minimum Gasteiger partial charge on any atom is -0.489 e. The fourth-order valence-corrected chi connectivity index (χ4v) is 1.43. The van der Waals surface area contributed by atoms with E-state index in [-0.39, 0.29) is 0 Å². The summed E-state index contributed by atoms with van der Waals surface area (Å²) < 4.78 is 42.6. The van der Waals surface area contributed by atoms with Crippen molar-refractivity contribution in [2.75, 3.05) is 6.61 Å². The first kappa shape index (κ1) is 10.8. The maximum atomic E-state index is 12.5. The molecule has 0 saturated heterocycles. The number of benzene rings is 1. The van der Waals surface area contributed by atoms with Crippen LogP contribution in [0.25, 0.3) is 5.76 Å². The smallest absolute Gasteiger partial charge is 0.416 e. The van der Waals surface area contributed by atoms with Gasteiger partial charge < -0.3 is 4.74 Å². The molecular formula is C12H9F3O. The fourth-order valence-electron chi connectivity index (χ4n) is 1.43. The Kier molecular flexibility index (Phi) is 2.73. The van der Waals surface area contributed by atoms with E-state index in [9.17, 15) is 13.2 Å². The number of hydrogen-bond donors (Lipinski definition) is 0. The molecule has 0 bridgehead atoms. The van der Waals surface area contributed by atoms with Gasteiger partial charge in [-0.25, -0.2) is 0 Å². The van der Waals surface area contributed by atoms with Crippen LogP contribution in [0.15, 0.2) is 42.5 Å². The monoisotopic (exact) mass is 226 g/mol. The molecule has 0 radical (unpaired) electrons. The van der Waals surface area contributed by atoms with Crippen molar-refractivity contribution in [1.29, 1.82) is 0 Å². The van der Waals surface area contributed by atoms with E-state index < -0.39 is 11.7 Å². The molecule has 0 amide bonds. The highest BCUT2D eigenvalue weighted by Crippen LogP contribution is 2.31. The second-order valence-electron chi connectivity index (χ2n) is 3.35. The van der Waals surface area contributed by atoms with E-state index >= 15 is 0 Å². The Morgan fingerprint density at radius 1 is 1.19 bits per heavy atom. The number of hydrogen-bond acceptors (Lipinski definition) is 1. The number of halogens is 3. The highest BCUT2D eigenvalue weighted by atomic mass is 19.4. The van der Waals surface area contributed by atoms with Crippen LogP contribution in [0.1, 0.15) is 11.1 Å². The summed E-state index contributed by atoms with van der Waals surface area (Å²) in [7, 11) is 0. The van der Waals surface area contributed by atoms with Gasteiger partial charge >= 0.3 is 6.18 Å². The highest BCUT2D eigenvalue weighted by Gasteiger charge is 2.30. The summed E-state index contributed by atoms with van der Waals surface area (Å²) in [6, 6.07) is 5.11. The van der Waals surface area contributed by atoms with Crippen LogP contribution < -0.4 is 0 Å². The van der Waals surface area contributed by atoms with Crippen LogP contribution in [0.2, 0.25) is 0 Å². The van der Waals surface area contributed by atoms with Crippen LogP contribution in [0.3, 0.4) is 0 Å². The molecule has 1 heterocycles. The molecule has 1 aromatic carbocycles. The van der Waals surface area contributed by atoms with Crippen LogP contribution in [0.4, 0.5) is 13.2 Å². The molecule has 1 aromatic rings. The van der Waals surface area contributed by atoms with Crippen molar-refractivity contribution in [3.05, 3.63) is 53.6 Å². The molecule has 2 rings (SSSR count). The molecule has 4 heteroatoms. The molecule has 0 aromatic heterocycles. The topological polar surface area (TPSA) is 9.23 Å². The maximum absolute atomic E-state index is 12.5. The number of alkyl halides is 3. The van der Waals surface area contributed by atoms with Gasteiger partial charge in [0.2, 0.25) is 0 Å². The minimum atomic E-state index is -4.32. The third-order valence-corrected chi connectivity index (χ3v) is 2.19. The van der Waals surface area contributed by atoms with E-state index in [4.69, 9.17) is 4.74 Å². The van der Waals surface area contributed by atoms with Crippen LogP contribution in [-0.2, 0) is 10.9 Å². The Morgan fingerprint density at radius 3 is 2.62 bits per heavy atom. The van der Waals surface area contributed by atoms with E-state index in [0.29, 0.717) is 17.9 Å². The third-order valence-electron chi connectivity index (χ3n) is 2.19. The molecule has 0 aliphatic carbocycles. The standard InChI is InChI=1S/C12H9F3O/c13-12(14,15)10-5-3-4-9(8-10)11-6-1-2-7-16-11/h1-6,8H,7H2. The van der Waals surface area contributed by atoms with E-state index in [1.807, 2.05) is 0 Å². The number of rotatable bonds is 1. The average molecular weight is 226 g/mol. The normalized spacial score (nSPS) is 15.6. The summed E-state index contributed by atoms with van der Waals surface area (Å²) >= 11 is 0. The lowest BCUT2D eigenvalue weighted by Gasteiger charge is -2.13. The Hall–Kier alpha value is -1.71. The lowest BCUT2D eigenvalue weighted by molar-refractivity contribution is -0.137. The van der Waals surface area contributed by atoms with Crippen molar-refractivity contribution in [1.82, 2.24) is 0 Å². The first-order valence-corrected chi connectivity index (χ1v) is 4.74. The van der Waals surface area contributed by atoms with Crippen molar-refractivity contribution < 1.29 is 17.9 Å². The molecule has 84 valence electrons. The number of allylic oxidation sites excluding steroid dienone is 2. The molecule has 0 atom stereocenters. The largest absolute Gasteiger partial charge is 0.489 e. The third kappa shape index (κ3) is 2.27. The van der Waals surface area contributed by atoms with Gasteiger partial charge in [-0.2, -0.15) is 13.2 Å². The van der Waals surface area contributed by atoms with Gasteiger partial charge in [0.1, 0.15) is 12.4 Å². The summed E-state index contributed by atoms with van der Waals surface area (Å²) in [6.45, 7) is 0.391. The zero-order valence-corrected chi connectivity index (χ0v) is 8.29. The Bertz CT molecular complexity index is 444. The summed E-state index contributed by atoms with van der Waals surface area (Å²) in [5.74, 6) is 0.466. The van der Waals surface area contributed by atoms with Gasteiger partial charge in [-0.05, 0) is 24.3 Å². The molecule has 0 unspecified atom stereocenters. The summed E-state index contributed by atoms with van der Waals surface area (Å²) in [6.07, 6.45) is 0.885. The van der Waals surface area contributed by atoms with Crippen molar-refractivity contribution >= 4 is 5.76 Å². The van der Waals surface area contributed by atoms with Crippen LogP contribution >= 0.6 is 0 Å². The van der Waals surface area contributed by atoms with Crippen molar-refractivity contribution in [3.63, 3.8) is 0 Å². The molecule has 0 N–H and O–H groups in total. The van der Waals surface area contributed by atoms with Gasteiger partial charge in [-0.15, -0.1) is 0 Å². The van der Waals surface area contributed by atoms with E-state index in [1.165, 1.54) is 6.07 Å². The second kappa shape index (κ2) is 4.04. The van der Waals surface area contributed by atoms with E-state index in [2.05, 4.69) is 0 Å².